The number of carbonyl (C=O) groups is 1. The highest BCUT2D eigenvalue weighted by Gasteiger charge is 2.16. The van der Waals surface area contributed by atoms with Gasteiger partial charge in [0, 0.05) is 11.6 Å². The van der Waals surface area contributed by atoms with Gasteiger partial charge in [0.15, 0.2) is 0 Å². The van der Waals surface area contributed by atoms with Crippen LogP contribution in [0.2, 0.25) is 0 Å². The van der Waals surface area contributed by atoms with Crippen LogP contribution in [0.1, 0.15) is 12.0 Å². The first kappa shape index (κ1) is 16.4. The van der Waals surface area contributed by atoms with Crippen LogP contribution in [0.15, 0.2) is 42.5 Å². The Kier molecular flexibility index (Phi) is 5.24. The molecule has 0 unspecified atom stereocenters. The van der Waals surface area contributed by atoms with Crippen molar-refractivity contribution in [2.24, 2.45) is 0 Å². The first-order valence-electron chi connectivity index (χ1n) is 6.77. The molecule has 0 aromatic heterocycles. The highest BCUT2D eigenvalue weighted by molar-refractivity contribution is 5.72. The van der Waals surface area contributed by atoms with Crippen molar-refractivity contribution < 1.29 is 23.6 Å². The maximum absolute atomic E-state index is 12.8. The molecule has 0 bridgehead atoms. The molecule has 2 aromatic rings. The quantitative estimate of drug-likeness (QED) is 0.353. The number of nitro benzene ring substituents is 1. The van der Waals surface area contributed by atoms with E-state index in [1.165, 1.54) is 49.6 Å². The summed E-state index contributed by atoms with van der Waals surface area (Å²) in [6, 6.07) is 9.36. The Morgan fingerprint density at radius 2 is 1.83 bits per heavy atom. The summed E-state index contributed by atoms with van der Waals surface area (Å²) >= 11 is 0. The van der Waals surface area contributed by atoms with Crippen LogP contribution in [0.5, 0.6) is 11.5 Å². The first-order chi connectivity index (χ1) is 11.0. The van der Waals surface area contributed by atoms with E-state index in [4.69, 9.17) is 9.47 Å². The van der Waals surface area contributed by atoms with E-state index in [-0.39, 0.29) is 24.3 Å². The summed E-state index contributed by atoms with van der Waals surface area (Å²) in [6.45, 7) is 0. The average Bonchev–Trinajstić information content (AvgIpc) is 2.54. The van der Waals surface area contributed by atoms with Crippen molar-refractivity contribution >= 4 is 11.7 Å². The van der Waals surface area contributed by atoms with Crippen LogP contribution in [-0.4, -0.2) is 18.0 Å². The number of esters is 1. The normalized spacial score (nSPS) is 10.2. The number of hydrogen-bond acceptors (Lipinski definition) is 5. The van der Waals surface area contributed by atoms with Crippen molar-refractivity contribution in [3.05, 3.63) is 64.0 Å². The summed E-state index contributed by atoms with van der Waals surface area (Å²) in [6.07, 6.45) is 0.0823. The number of rotatable bonds is 6. The summed E-state index contributed by atoms with van der Waals surface area (Å²) < 4.78 is 22.8. The minimum atomic E-state index is -0.561. The minimum absolute atomic E-state index is 0.0502. The van der Waals surface area contributed by atoms with Crippen LogP contribution in [0.3, 0.4) is 0 Å². The third kappa shape index (κ3) is 4.50. The Hall–Kier alpha value is -2.96. The van der Waals surface area contributed by atoms with Gasteiger partial charge in [-0.25, -0.2) is 4.39 Å². The molecule has 2 rings (SSSR count). The zero-order valence-electron chi connectivity index (χ0n) is 12.3. The molecule has 2 aromatic carbocycles. The molecule has 0 atom stereocenters. The fourth-order valence-corrected chi connectivity index (χ4v) is 1.99. The van der Waals surface area contributed by atoms with E-state index in [1.54, 1.807) is 0 Å². The molecule has 7 heteroatoms. The van der Waals surface area contributed by atoms with E-state index in [9.17, 15) is 19.3 Å². The number of ether oxygens (including phenoxy) is 2. The number of methoxy groups -OCH3 is 1. The molecule has 0 aliphatic heterocycles. The summed E-state index contributed by atoms with van der Waals surface area (Å²) in [5.74, 6) is -0.306. The van der Waals surface area contributed by atoms with Crippen molar-refractivity contribution in [2.75, 3.05) is 7.11 Å². The Morgan fingerprint density at radius 1 is 1.17 bits per heavy atom. The van der Waals surface area contributed by atoms with Gasteiger partial charge >= 0.3 is 5.97 Å². The van der Waals surface area contributed by atoms with Gasteiger partial charge in [-0.3, -0.25) is 14.9 Å². The molecule has 0 fully saturated rings. The van der Waals surface area contributed by atoms with Crippen LogP contribution in [0.25, 0.3) is 0 Å². The number of nitrogens with zero attached hydrogens (tertiary/aromatic N) is 1. The second-order valence-electron chi connectivity index (χ2n) is 4.68. The zero-order chi connectivity index (χ0) is 16.8. The van der Waals surface area contributed by atoms with Gasteiger partial charge < -0.3 is 9.47 Å². The van der Waals surface area contributed by atoms with E-state index >= 15 is 0 Å². The van der Waals surface area contributed by atoms with Gasteiger partial charge in [0.1, 0.15) is 17.3 Å². The zero-order valence-corrected chi connectivity index (χ0v) is 12.3. The smallest absolute Gasteiger partial charge is 0.311 e. The molecule has 0 saturated heterocycles. The SMILES string of the molecule is COc1ccc([N+](=O)[O-])c(CCC(=O)Oc2ccc(F)cc2)c1. The lowest BCUT2D eigenvalue weighted by molar-refractivity contribution is -0.385. The molecule has 0 amide bonds. The van der Waals surface area contributed by atoms with Crippen molar-refractivity contribution in [1.82, 2.24) is 0 Å². The first-order valence-corrected chi connectivity index (χ1v) is 6.77. The Morgan fingerprint density at radius 3 is 2.43 bits per heavy atom. The molecule has 0 aliphatic carbocycles. The molecular weight excluding hydrogens is 305 g/mol. The van der Waals surface area contributed by atoms with Crippen molar-refractivity contribution in [2.45, 2.75) is 12.8 Å². The molecule has 0 saturated carbocycles. The van der Waals surface area contributed by atoms with Crippen molar-refractivity contribution in [3.63, 3.8) is 0 Å². The lowest BCUT2D eigenvalue weighted by Crippen LogP contribution is -2.09. The van der Waals surface area contributed by atoms with Crippen LogP contribution < -0.4 is 9.47 Å². The molecule has 0 radical (unpaired) electrons. The van der Waals surface area contributed by atoms with Crippen molar-refractivity contribution in [3.8, 4) is 11.5 Å². The lowest BCUT2D eigenvalue weighted by atomic mass is 10.1. The van der Waals surface area contributed by atoms with E-state index in [2.05, 4.69) is 0 Å². The van der Waals surface area contributed by atoms with Crippen LogP contribution in [-0.2, 0) is 11.2 Å². The fraction of sp³-hybridized carbons (Fsp3) is 0.188. The van der Waals surface area contributed by atoms with E-state index < -0.39 is 16.7 Å². The standard InChI is InChI=1S/C16H14FNO5/c1-22-14-7-8-15(18(20)21)11(10-14)2-9-16(19)23-13-5-3-12(17)4-6-13/h3-8,10H,2,9H2,1H3. The predicted molar refractivity (Wildman–Crippen MR) is 80.0 cm³/mol. The molecule has 0 spiro atoms. The van der Waals surface area contributed by atoms with E-state index in [0.29, 0.717) is 11.3 Å². The third-order valence-corrected chi connectivity index (χ3v) is 3.13. The molecule has 120 valence electrons. The molecule has 23 heavy (non-hydrogen) atoms. The third-order valence-electron chi connectivity index (χ3n) is 3.13. The second kappa shape index (κ2) is 7.35. The van der Waals surface area contributed by atoms with Crippen LogP contribution in [0, 0.1) is 15.9 Å². The van der Waals surface area contributed by atoms with E-state index in [0.717, 1.165) is 0 Å². The molecule has 0 heterocycles. The van der Waals surface area contributed by atoms with Gasteiger partial charge in [-0.15, -0.1) is 0 Å². The number of carbonyl (C=O) groups excluding carboxylic acids is 1. The summed E-state index contributed by atoms with van der Waals surface area (Å²) in [7, 11) is 1.45. The number of benzene rings is 2. The molecular formula is C16H14FNO5. The average molecular weight is 319 g/mol. The van der Waals surface area contributed by atoms with Crippen LogP contribution in [0.4, 0.5) is 10.1 Å². The Bertz CT molecular complexity index is 715. The van der Waals surface area contributed by atoms with Crippen molar-refractivity contribution in [1.29, 1.82) is 0 Å². The molecule has 6 nitrogen and oxygen atoms in total. The summed E-state index contributed by atoms with van der Waals surface area (Å²) in [5.41, 5.74) is 0.297. The van der Waals surface area contributed by atoms with Gasteiger partial charge in [0.05, 0.1) is 18.5 Å². The number of hydrogen-bond donors (Lipinski definition) is 0. The highest BCUT2D eigenvalue weighted by Crippen LogP contribution is 2.25. The monoisotopic (exact) mass is 319 g/mol. The molecule has 0 aliphatic rings. The topological polar surface area (TPSA) is 78.7 Å². The summed E-state index contributed by atoms with van der Waals surface area (Å²) in [5, 5.41) is 11.0. The lowest BCUT2D eigenvalue weighted by Gasteiger charge is -2.07. The number of nitro groups is 1. The van der Waals surface area contributed by atoms with Gasteiger partial charge in [0.2, 0.25) is 0 Å². The van der Waals surface area contributed by atoms with Gasteiger partial charge in [-0.2, -0.15) is 0 Å². The maximum Gasteiger partial charge on any atom is 0.311 e. The van der Waals surface area contributed by atoms with Gasteiger partial charge in [-0.05, 0) is 42.8 Å². The Balaban J connectivity index is 2.03. The van der Waals surface area contributed by atoms with E-state index in [1.807, 2.05) is 0 Å². The number of halogens is 1. The van der Waals surface area contributed by atoms with Gasteiger partial charge in [0.25, 0.3) is 5.69 Å². The fourth-order valence-electron chi connectivity index (χ4n) is 1.99. The Labute approximate surface area is 131 Å². The molecule has 0 N–H and O–H groups in total. The highest BCUT2D eigenvalue weighted by atomic mass is 19.1. The van der Waals surface area contributed by atoms with Gasteiger partial charge in [-0.1, -0.05) is 0 Å². The maximum atomic E-state index is 12.8. The number of aryl methyl sites for hydroxylation is 1. The largest absolute Gasteiger partial charge is 0.497 e. The second-order valence-corrected chi connectivity index (χ2v) is 4.68. The van der Waals surface area contributed by atoms with Crippen LogP contribution >= 0.6 is 0 Å². The minimum Gasteiger partial charge on any atom is -0.497 e. The summed E-state index contributed by atoms with van der Waals surface area (Å²) in [4.78, 5) is 22.3. The predicted octanol–water partition coefficient (Wildman–Crippen LogP) is 3.28.